The Labute approximate surface area is 211 Å². The van der Waals surface area contributed by atoms with Gasteiger partial charge in [0.05, 0.1) is 0 Å². The van der Waals surface area contributed by atoms with Crippen LogP contribution < -0.4 is 9.47 Å². The lowest BCUT2D eigenvalue weighted by Gasteiger charge is -2.22. The summed E-state index contributed by atoms with van der Waals surface area (Å²) in [5, 5.41) is 2.36. The zero-order valence-electron chi connectivity index (χ0n) is 18.9. The van der Waals surface area contributed by atoms with Crippen LogP contribution in [-0.2, 0) is 0 Å². The molecule has 0 unspecified atom stereocenters. The summed E-state index contributed by atoms with van der Waals surface area (Å²) in [5.41, 5.74) is 0. The van der Waals surface area contributed by atoms with Crippen molar-refractivity contribution in [1.29, 1.82) is 0 Å². The van der Waals surface area contributed by atoms with E-state index < -0.39 is 23.0 Å². The van der Waals surface area contributed by atoms with Gasteiger partial charge in [0.1, 0.15) is 11.5 Å². The summed E-state index contributed by atoms with van der Waals surface area (Å²) in [6, 6.07) is 20.8. The van der Waals surface area contributed by atoms with E-state index in [1.54, 1.807) is 76.6 Å². The largest absolute Gasteiger partial charge is 0.475 e. The molecule has 2 nitrogen and oxygen atoms in total. The highest BCUT2D eigenvalue weighted by molar-refractivity contribution is 9.10. The lowest BCUT2D eigenvalue weighted by atomic mass is 10.1. The van der Waals surface area contributed by atoms with E-state index in [9.17, 15) is 30.7 Å². The minimum atomic E-state index is -4.63. The summed E-state index contributed by atoms with van der Waals surface area (Å²) in [6.45, 7) is 4.00. The minimum Gasteiger partial charge on any atom is -0.427 e. The summed E-state index contributed by atoms with van der Waals surface area (Å²) in [5.74, 6) is -0.222. The van der Waals surface area contributed by atoms with Crippen LogP contribution in [0.25, 0.3) is 21.5 Å². The maximum absolute atomic E-state index is 13.1. The molecule has 0 aliphatic rings. The molecule has 0 saturated carbocycles. The first-order valence-corrected chi connectivity index (χ1v) is 11.3. The molecule has 0 N–H and O–H groups in total. The molecule has 36 heavy (non-hydrogen) atoms. The molecular formula is C26H20BrF7O2. The van der Waals surface area contributed by atoms with Crippen LogP contribution in [0.2, 0.25) is 0 Å². The van der Waals surface area contributed by atoms with Crippen molar-refractivity contribution in [3.05, 3.63) is 97.0 Å². The van der Waals surface area contributed by atoms with Crippen LogP contribution in [0, 0.1) is 0 Å². The van der Waals surface area contributed by atoms with E-state index in [1.165, 1.54) is 24.3 Å². The molecule has 0 aromatic heterocycles. The molecule has 0 saturated heterocycles. The van der Waals surface area contributed by atoms with Gasteiger partial charge in [-0.3, -0.25) is 0 Å². The predicted octanol–water partition coefficient (Wildman–Crippen LogP) is 10.1. The van der Waals surface area contributed by atoms with Crippen molar-refractivity contribution in [2.75, 3.05) is 0 Å². The third kappa shape index (κ3) is 7.36. The van der Waals surface area contributed by atoms with Gasteiger partial charge in [0, 0.05) is 26.7 Å². The Balaban J connectivity index is 0.000000239. The maximum atomic E-state index is 13.1. The second kappa shape index (κ2) is 12.6. The number of fused-ring (bicyclic) bond motifs is 2. The fourth-order valence-corrected chi connectivity index (χ4v) is 2.98. The first-order chi connectivity index (χ1) is 17.0. The summed E-state index contributed by atoms with van der Waals surface area (Å²) in [6.07, 6.45) is -7.09. The van der Waals surface area contributed by atoms with Gasteiger partial charge in [-0.05, 0) is 22.9 Å². The minimum absolute atomic E-state index is 0.0726. The van der Waals surface area contributed by atoms with Crippen molar-refractivity contribution in [2.24, 2.45) is 0 Å². The van der Waals surface area contributed by atoms with Crippen LogP contribution in [-0.4, -0.2) is 10.9 Å². The Morgan fingerprint density at radius 3 is 1.53 bits per heavy atom. The van der Waals surface area contributed by atoms with E-state index in [0.717, 1.165) is 5.39 Å². The lowest BCUT2D eigenvalue weighted by Crippen LogP contribution is -2.40. The number of rotatable bonds is 5. The Bertz CT molecular complexity index is 1310. The Morgan fingerprint density at radius 1 is 0.639 bits per heavy atom. The van der Waals surface area contributed by atoms with Gasteiger partial charge in [0.2, 0.25) is 0 Å². The monoisotopic (exact) mass is 576 g/mol. The van der Waals surface area contributed by atoms with Crippen LogP contribution in [0.5, 0.6) is 11.5 Å². The van der Waals surface area contributed by atoms with E-state index in [-0.39, 0.29) is 11.5 Å². The van der Waals surface area contributed by atoms with Crippen LogP contribution >= 0.6 is 15.9 Å². The van der Waals surface area contributed by atoms with Gasteiger partial charge in [-0.1, -0.05) is 86.6 Å². The Hall–Kier alpha value is -3.27. The average Bonchev–Trinajstić information content (AvgIpc) is 2.85. The predicted molar refractivity (Wildman–Crippen MR) is 130 cm³/mol. The molecule has 0 heterocycles. The first-order valence-electron chi connectivity index (χ1n) is 10.5. The maximum Gasteiger partial charge on any atom is 0.475 e. The zero-order valence-corrected chi connectivity index (χ0v) is 20.5. The molecule has 0 bridgehead atoms. The fourth-order valence-electron chi connectivity index (χ4n) is 2.90. The van der Waals surface area contributed by atoms with Gasteiger partial charge in [0.25, 0.3) is 0 Å². The molecule has 10 heteroatoms. The topological polar surface area (TPSA) is 18.5 Å². The summed E-state index contributed by atoms with van der Waals surface area (Å²) >= 11 is 1.61. The standard InChI is InChI=1S/C12H7BrF4O.C12H7F3O.C2H6/c13-11(14,15)12(16,17)18-10-7-3-5-8-4-1-2-6-9(8)10;13-11(14)12(15)16-10-7-3-5-8-4-1-2-6-9(8)10;1-2/h1-7H;1-7H;1-2H3. The van der Waals surface area contributed by atoms with Crippen LogP contribution in [0.15, 0.2) is 97.0 Å². The third-order valence-electron chi connectivity index (χ3n) is 4.42. The average molecular weight is 577 g/mol. The van der Waals surface area contributed by atoms with E-state index in [1.807, 2.05) is 13.8 Å². The number of hydrogen-bond donors (Lipinski definition) is 0. The van der Waals surface area contributed by atoms with Gasteiger partial charge in [-0.2, -0.15) is 30.7 Å². The molecule has 0 aliphatic heterocycles. The fraction of sp³-hybridized carbons (Fsp3) is 0.154. The second-order valence-corrected chi connectivity index (χ2v) is 7.70. The highest BCUT2D eigenvalue weighted by Gasteiger charge is 2.57. The summed E-state index contributed by atoms with van der Waals surface area (Å²) in [7, 11) is 0. The van der Waals surface area contributed by atoms with Gasteiger partial charge in [-0.25, -0.2) is 0 Å². The number of hydrogen-bond acceptors (Lipinski definition) is 2. The number of ether oxygens (including phenoxy) is 2. The first kappa shape index (κ1) is 29.0. The highest BCUT2D eigenvalue weighted by atomic mass is 79.9. The van der Waals surface area contributed by atoms with E-state index in [2.05, 4.69) is 9.47 Å². The molecule has 4 aromatic carbocycles. The Kier molecular flexibility index (Phi) is 10.2. The van der Waals surface area contributed by atoms with Crippen LogP contribution in [0.4, 0.5) is 30.7 Å². The van der Waals surface area contributed by atoms with Crippen molar-refractivity contribution in [2.45, 2.75) is 24.8 Å². The molecule has 0 amide bonds. The molecule has 0 aliphatic carbocycles. The van der Waals surface area contributed by atoms with Gasteiger partial charge in [-0.15, -0.1) is 0 Å². The van der Waals surface area contributed by atoms with Crippen molar-refractivity contribution in [1.82, 2.24) is 0 Å². The smallest absolute Gasteiger partial charge is 0.427 e. The zero-order chi connectivity index (χ0) is 26.9. The second-order valence-electron chi connectivity index (χ2n) is 6.71. The summed E-state index contributed by atoms with van der Waals surface area (Å²) < 4.78 is 96.5. The van der Waals surface area contributed by atoms with Gasteiger partial charge in [0.15, 0.2) is 0 Å². The van der Waals surface area contributed by atoms with Crippen molar-refractivity contribution in [3.8, 4) is 11.5 Å². The lowest BCUT2D eigenvalue weighted by molar-refractivity contribution is -0.265. The molecule has 0 spiro atoms. The molecule has 0 atom stereocenters. The van der Waals surface area contributed by atoms with E-state index in [0.29, 0.717) is 16.2 Å². The molecular weight excluding hydrogens is 557 g/mol. The molecule has 4 rings (SSSR count). The van der Waals surface area contributed by atoms with Crippen molar-refractivity contribution < 1.29 is 40.2 Å². The normalized spacial score (nSPS) is 11.1. The number of halogens is 8. The molecule has 192 valence electrons. The number of benzene rings is 4. The van der Waals surface area contributed by atoms with Gasteiger partial charge < -0.3 is 9.47 Å². The van der Waals surface area contributed by atoms with Gasteiger partial charge >= 0.3 is 23.0 Å². The van der Waals surface area contributed by atoms with Crippen molar-refractivity contribution in [3.63, 3.8) is 0 Å². The highest BCUT2D eigenvalue weighted by Crippen LogP contribution is 2.42. The molecule has 0 fully saturated rings. The quantitative estimate of drug-likeness (QED) is 0.134. The van der Waals surface area contributed by atoms with Crippen molar-refractivity contribution >= 4 is 37.5 Å². The SMILES string of the molecule is CC.FC(F)(Br)C(F)(F)Oc1cccc2ccccc12.FC(F)=C(F)Oc1cccc2ccccc12. The third-order valence-corrected chi connectivity index (χ3v) is 4.88. The van der Waals surface area contributed by atoms with Crippen LogP contribution in [0.3, 0.4) is 0 Å². The van der Waals surface area contributed by atoms with E-state index >= 15 is 0 Å². The van der Waals surface area contributed by atoms with E-state index in [4.69, 9.17) is 0 Å². The Morgan fingerprint density at radius 2 is 1.06 bits per heavy atom. The molecule has 4 aromatic rings. The van der Waals surface area contributed by atoms with Crippen LogP contribution in [0.1, 0.15) is 13.8 Å². The number of alkyl halides is 5. The summed E-state index contributed by atoms with van der Waals surface area (Å²) in [4.78, 5) is -4.43. The molecule has 0 radical (unpaired) electrons.